The van der Waals surface area contributed by atoms with Gasteiger partial charge in [-0.2, -0.15) is 14.4 Å². The molecule has 31 heavy (non-hydrogen) atoms. The molecule has 0 atom stereocenters. The van der Waals surface area contributed by atoms with E-state index < -0.39 is 16.1 Å². The van der Waals surface area contributed by atoms with Gasteiger partial charge in [-0.05, 0) is 58.7 Å². The minimum atomic E-state index is -3.31. The third-order valence-corrected chi connectivity index (χ3v) is 6.87. The van der Waals surface area contributed by atoms with Crippen molar-refractivity contribution >= 4 is 55.4 Å². The number of nitrogens with one attached hydrogen (secondary N) is 1. The van der Waals surface area contributed by atoms with Gasteiger partial charge in [-0.1, -0.05) is 0 Å². The molecule has 0 saturated heterocycles. The van der Waals surface area contributed by atoms with Crippen LogP contribution < -0.4 is 10.5 Å². The summed E-state index contributed by atoms with van der Waals surface area (Å²) >= 11 is 2.24. The number of carbonyl (C=O) groups is 1. The summed E-state index contributed by atoms with van der Waals surface area (Å²) in [4.78, 5) is 24.1. The molecule has 0 bridgehead atoms. The first-order valence-corrected chi connectivity index (χ1v) is 12.6. The van der Waals surface area contributed by atoms with Gasteiger partial charge in [0.15, 0.2) is 22.8 Å². The maximum Gasteiger partial charge on any atom is 0.312 e. The lowest BCUT2D eigenvalue weighted by Crippen LogP contribution is -2.24. The van der Waals surface area contributed by atoms with Gasteiger partial charge in [0.2, 0.25) is 10.0 Å². The number of nitrogens with zero attached hydrogens (tertiary/aromatic N) is 4. The number of nitrogen functional groups attached to an aromatic ring is 1. The molecule has 0 saturated carbocycles. The van der Waals surface area contributed by atoms with Crippen LogP contribution in [0.3, 0.4) is 0 Å². The summed E-state index contributed by atoms with van der Waals surface area (Å²) in [6.45, 7) is 0.566. The van der Waals surface area contributed by atoms with E-state index in [4.69, 9.17) is 5.73 Å². The number of anilines is 1. The van der Waals surface area contributed by atoms with E-state index in [1.807, 2.05) is 12.1 Å². The quantitative estimate of drug-likeness (QED) is 0.257. The Kier molecular flexibility index (Phi) is 5.96. The number of halogens is 2. The Morgan fingerprint density at radius 3 is 2.77 bits per heavy atom. The van der Waals surface area contributed by atoms with Gasteiger partial charge in [0.05, 0.1) is 6.26 Å². The number of sulfonamides is 1. The molecule has 1 aromatic carbocycles. The zero-order chi connectivity index (χ0) is 22.3. The number of fused-ring (bicyclic) bond motifs is 2. The largest absolute Gasteiger partial charge is 0.382 e. The Labute approximate surface area is 191 Å². The molecular weight excluding hydrogens is 538 g/mol. The molecule has 12 heteroatoms. The van der Waals surface area contributed by atoms with Crippen molar-refractivity contribution in [2.75, 3.05) is 18.5 Å². The van der Waals surface area contributed by atoms with Gasteiger partial charge in [-0.3, -0.25) is 4.79 Å². The Bertz CT molecular complexity index is 1310. The molecule has 0 spiro atoms. The van der Waals surface area contributed by atoms with Gasteiger partial charge in [0.25, 0.3) is 0 Å². The van der Waals surface area contributed by atoms with Crippen LogP contribution in [0.25, 0.3) is 11.2 Å². The molecule has 0 radical (unpaired) electrons. The SMILES string of the molecule is CS(=O)(=O)NCCCn1c(Cc2cc3c(cc2I)CCC3=O)nc2c(N)nc(F)nc21. The van der Waals surface area contributed by atoms with Crippen molar-refractivity contribution in [1.82, 2.24) is 24.2 Å². The van der Waals surface area contributed by atoms with Gasteiger partial charge < -0.3 is 10.3 Å². The van der Waals surface area contributed by atoms with Crippen LogP contribution in [0.15, 0.2) is 12.1 Å². The van der Waals surface area contributed by atoms with Gasteiger partial charge in [-0.15, -0.1) is 0 Å². The number of aryl methyl sites for hydroxylation is 2. The summed E-state index contributed by atoms with van der Waals surface area (Å²) < 4.78 is 41.6. The second-order valence-corrected chi connectivity index (χ2v) is 10.4. The Morgan fingerprint density at radius 1 is 1.26 bits per heavy atom. The third kappa shape index (κ3) is 4.70. The van der Waals surface area contributed by atoms with E-state index >= 15 is 0 Å². The highest BCUT2D eigenvalue weighted by Gasteiger charge is 2.23. The van der Waals surface area contributed by atoms with E-state index in [0.29, 0.717) is 37.1 Å². The van der Waals surface area contributed by atoms with Crippen LogP contribution in [0, 0.1) is 9.65 Å². The van der Waals surface area contributed by atoms with E-state index in [1.165, 1.54) is 0 Å². The second-order valence-electron chi connectivity index (χ2n) is 7.45. The highest BCUT2D eigenvalue weighted by atomic mass is 127. The molecule has 1 aliphatic carbocycles. The third-order valence-electron chi connectivity index (χ3n) is 5.14. The molecule has 0 amide bonds. The van der Waals surface area contributed by atoms with Gasteiger partial charge >= 0.3 is 6.08 Å². The average Bonchev–Trinajstić information content (AvgIpc) is 3.19. The molecule has 3 N–H and O–H groups in total. The summed E-state index contributed by atoms with van der Waals surface area (Å²) in [5, 5.41) is 0. The maximum absolute atomic E-state index is 13.8. The van der Waals surface area contributed by atoms with Crippen LogP contribution >= 0.6 is 22.6 Å². The van der Waals surface area contributed by atoms with Crippen LogP contribution in [-0.4, -0.2) is 46.5 Å². The van der Waals surface area contributed by atoms with E-state index in [1.54, 1.807) is 4.57 Å². The van der Waals surface area contributed by atoms with Crippen LogP contribution in [-0.2, 0) is 29.4 Å². The molecule has 0 fully saturated rings. The van der Waals surface area contributed by atoms with E-state index in [9.17, 15) is 17.6 Å². The number of nitrogens with two attached hydrogens (primary N) is 1. The first-order valence-electron chi connectivity index (χ1n) is 9.59. The number of rotatable bonds is 7. The first kappa shape index (κ1) is 22.0. The second kappa shape index (κ2) is 8.39. The number of aromatic nitrogens is 4. The molecule has 9 nitrogen and oxygen atoms in total. The lowest BCUT2D eigenvalue weighted by Gasteiger charge is -2.11. The Morgan fingerprint density at radius 2 is 2.03 bits per heavy atom. The summed E-state index contributed by atoms with van der Waals surface area (Å²) in [5.41, 5.74) is 9.12. The number of Topliss-reactive ketones (excluding diaryl/α,β-unsaturated/α-hetero) is 1. The zero-order valence-corrected chi connectivity index (χ0v) is 19.6. The molecule has 3 aromatic rings. The molecule has 4 rings (SSSR count). The lowest BCUT2D eigenvalue weighted by molar-refractivity contribution is 0.0994. The fourth-order valence-corrected chi connectivity index (χ4v) is 4.96. The first-order chi connectivity index (χ1) is 14.6. The summed E-state index contributed by atoms with van der Waals surface area (Å²) in [5.74, 6) is 0.657. The smallest absolute Gasteiger partial charge is 0.312 e. The van der Waals surface area contributed by atoms with Crippen molar-refractivity contribution in [2.24, 2.45) is 0 Å². The van der Waals surface area contributed by atoms with Gasteiger partial charge in [0, 0.05) is 35.1 Å². The highest BCUT2D eigenvalue weighted by molar-refractivity contribution is 14.1. The zero-order valence-electron chi connectivity index (χ0n) is 16.7. The Hall–Kier alpha value is -2.19. The van der Waals surface area contributed by atoms with Crippen molar-refractivity contribution < 1.29 is 17.6 Å². The van der Waals surface area contributed by atoms with Crippen molar-refractivity contribution in [3.05, 3.63) is 44.3 Å². The number of hydrogen-bond donors (Lipinski definition) is 2. The van der Waals surface area contributed by atoms with E-state index in [0.717, 1.165) is 32.9 Å². The summed E-state index contributed by atoms with van der Waals surface area (Å²) in [7, 11) is -3.31. The molecular formula is C19H20FIN6O3S. The molecule has 164 valence electrons. The minimum Gasteiger partial charge on any atom is -0.382 e. The normalized spacial score (nSPS) is 13.8. The number of carbonyl (C=O) groups excluding carboxylic acids is 1. The van der Waals surface area contributed by atoms with Crippen LogP contribution in [0.4, 0.5) is 10.2 Å². The summed E-state index contributed by atoms with van der Waals surface area (Å²) in [6, 6.07) is 3.92. The average molecular weight is 558 g/mol. The lowest BCUT2D eigenvalue weighted by atomic mass is 10.0. The predicted octanol–water partition coefficient (Wildman–Crippen LogP) is 1.81. The standard InChI is InChI=1S/C19H20FIN6O3S/c1-31(29,30)23-5-2-6-27-15(24-16-17(22)25-19(20)26-18(16)27)9-11-7-12-10(8-13(11)21)3-4-14(12)28/h7-8,23H,2-6,9H2,1H3,(H2,22,25,26). The van der Waals surface area contributed by atoms with Crippen molar-refractivity contribution in [3.63, 3.8) is 0 Å². The van der Waals surface area contributed by atoms with Gasteiger partial charge in [0.1, 0.15) is 5.82 Å². The summed E-state index contributed by atoms with van der Waals surface area (Å²) in [6.07, 6.45) is 2.23. The van der Waals surface area contributed by atoms with Crippen LogP contribution in [0.2, 0.25) is 0 Å². The molecule has 2 heterocycles. The van der Waals surface area contributed by atoms with E-state index in [-0.39, 0.29) is 23.8 Å². The topological polar surface area (TPSA) is 133 Å². The van der Waals surface area contributed by atoms with Crippen molar-refractivity contribution in [2.45, 2.75) is 32.2 Å². The molecule has 2 aromatic heterocycles. The fraction of sp³-hybridized carbons (Fsp3) is 0.368. The highest BCUT2D eigenvalue weighted by Crippen LogP contribution is 2.29. The molecule has 0 unspecified atom stereocenters. The number of hydrogen-bond acceptors (Lipinski definition) is 7. The van der Waals surface area contributed by atoms with Crippen molar-refractivity contribution in [1.29, 1.82) is 0 Å². The van der Waals surface area contributed by atoms with Crippen LogP contribution in [0.5, 0.6) is 0 Å². The molecule has 1 aliphatic rings. The fourth-order valence-electron chi connectivity index (χ4n) is 3.72. The number of ketones is 1. The Balaban J connectivity index is 1.71. The van der Waals surface area contributed by atoms with E-state index in [2.05, 4.69) is 42.3 Å². The maximum atomic E-state index is 13.8. The molecule has 0 aliphatic heterocycles. The predicted molar refractivity (Wildman–Crippen MR) is 122 cm³/mol. The van der Waals surface area contributed by atoms with Gasteiger partial charge in [-0.25, -0.2) is 18.1 Å². The monoisotopic (exact) mass is 558 g/mol. The van der Waals surface area contributed by atoms with Crippen LogP contribution in [0.1, 0.15) is 40.2 Å². The number of benzene rings is 1. The van der Waals surface area contributed by atoms with Crippen molar-refractivity contribution in [3.8, 4) is 0 Å². The number of imidazole rings is 1. The minimum absolute atomic E-state index is 0.0596.